The van der Waals surface area contributed by atoms with E-state index in [0.29, 0.717) is 0 Å². The Morgan fingerprint density at radius 2 is 1.75 bits per heavy atom. The van der Waals surface area contributed by atoms with Gasteiger partial charge in [0.05, 0.1) is 0 Å². The Kier molecular flexibility index (Phi) is 6.06. The van der Waals surface area contributed by atoms with E-state index in [1.54, 1.807) is 0 Å². The van der Waals surface area contributed by atoms with E-state index < -0.39 is 0 Å². The lowest BCUT2D eigenvalue weighted by molar-refractivity contribution is 0.175. The van der Waals surface area contributed by atoms with Gasteiger partial charge in [-0.3, -0.25) is 4.90 Å². The number of benzene rings is 1. The summed E-state index contributed by atoms with van der Waals surface area (Å²) < 4.78 is 0. The molecule has 1 aromatic rings. The Bertz CT molecular complexity index is 386. The quantitative estimate of drug-likeness (QED) is 0.799. The molecule has 20 heavy (non-hydrogen) atoms. The van der Waals surface area contributed by atoms with Gasteiger partial charge < -0.3 is 5.32 Å². The first-order valence-electron chi connectivity index (χ1n) is 8.17. The second kappa shape index (κ2) is 7.80. The summed E-state index contributed by atoms with van der Waals surface area (Å²) >= 11 is 0. The van der Waals surface area contributed by atoms with E-state index >= 15 is 0 Å². The number of hydrogen-bond acceptors (Lipinski definition) is 2. The molecule has 1 fully saturated rings. The van der Waals surface area contributed by atoms with Gasteiger partial charge in [-0.15, -0.1) is 0 Å². The van der Waals surface area contributed by atoms with Crippen LogP contribution in [0.3, 0.4) is 0 Å². The van der Waals surface area contributed by atoms with Crippen LogP contribution < -0.4 is 5.32 Å². The first-order valence-corrected chi connectivity index (χ1v) is 8.17. The van der Waals surface area contributed by atoms with Gasteiger partial charge in [0, 0.05) is 6.54 Å². The smallest absolute Gasteiger partial charge is 0.0233 e. The van der Waals surface area contributed by atoms with Crippen LogP contribution in [0, 0.1) is 19.8 Å². The van der Waals surface area contributed by atoms with Crippen LogP contribution in [0.1, 0.15) is 42.9 Å². The maximum Gasteiger partial charge on any atom is 0.0233 e. The molecule has 1 N–H and O–H groups in total. The standard InChI is InChI=1S/C18H30N2/c1-4-7-19-13-17-5-8-20(9-6-17)14-18-11-15(2)10-16(3)12-18/h10-12,17,19H,4-9,13-14H2,1-3H3. The number of aryl methyl sites for hydroxylation is 2. The molecule has 0 saturated carbocycles. The zero-order chi connectivity index (χ0) is 14.4. The number of piperidine rings is 1. The molecule has 0 spiro atoms. The summed E-state index contributed by atoms with van der Waals surface area (Å²) in [7, 11) is 0. The van der Waals surface area contributed by atoms with Gasteiger partial charge in [-0.1, -0.05) is 36.2 Å². The molecule has 112 valence electrons. The van der Waals surface area contributed by atoms with Crippen molar-refractivity contribution >= 4 is 0 Å². The van der Waals surface area contributed by atoms with Gasteiger partial charge in [0.1, 0.15) is 0 Å². The molecular formula is C18H30N2. The fraction of sp³-hybridized carbons (Fsp3) is 0.667. The average Bonchev–Trinajstić information content (AvgIpc) is 2.40. The molecule has 0 unspecified atom stereocenters. The van der Waals surface area contributed by atoms with Crippen molar-refractivity contribution in [3.63, 3.8) is 0 Å². The van der Waals surface area contributed by atoms with Crippen molar-refractivity contribution in [2.75, 3.05) is 26.2 Å². The molecule has 1 aromatic carbocycles. The van der Waals surface area contributed by atoms with Crippen molar-refractivity contribution < 1.29 is 0 Å². The maximum atomic E-state index is 3.57. The first-order chi connectivity index (χ1) is 9.67. The van der Waals surface area contributed by atoms with Crippen LogP contribution in [0.15, 0.2) is 18.2 Å². The third-order valence-electron chi connectivity index (χ3n) is 4.25. The summed E-state index contributed by atoms with van der Waals surface area (Å²) in [6, 6.07) is 6.93. The second-order valence-electron chi connectivity index (χ2n) is 6.42. The van der Waals surface area contributed by atoms with Crippen LogP contribution in [0.2, 0.25) is 0 Å². The van der Waals surface area contributed by atoms with Gasteiger partial charge in [-0.05, 0) is 70.8 Å². The summed E-state index contributed by atoms with van der Waals surface area (Å²) in [5, 5.41) is 3.57. The summed E-state index contributed by atoms with van der Waals surface area (Å²) in [5.41, 5.74) is 4.25. The SMILES string of the molecule is CCCNCC1CCN(Cc2cc(C)cc(C)c2)CC1. The van der Waals surface area contributed by atoms with Crippen LogP contribution in [-0.2, 0) is 6.54 Å². The van der Waals surface area contributed by atoms with Crippen molar-refractivity contribution in [1.29, 1.82) is 0 Å². The van der Waals surface area contributed by atoms with Gasteiger partial charge >= 0.3 is 0 Å². The molecule has 0 radical (unpaired) electrons. The fourth-order valence-electron chi connectivity index (χ4n) is 3.25. The van der Waals surface area contributed by atoms with Gasteiger partial charge in [-0.2, -0.15) is 0 Å². The molecule has 0 amide bonds. The topological polar surface area (TPSA) is 15.3 Å². The Hall–Kier alpha value is -0.860. The number of nitrogens with zero attached hydrogens (tertiary/aromatic N) is 1. The normalized spacial score (nSPS) is 17.6. The molecule has 2 rings (SSSR count). The van der Waals surface area contributed by atoms with Crippen molar-refractivity contribution in [1.82, 2.24) is 10.2 Å². The minimum atomic E-state index is 0.886. The first kappa shape index (κ1) is 15.5. The van der Waals surface area contributed by atoms with E-state index in [2.05, 4.69) is 49.2 Å². The van der Waals surface area contributed by atoms with Crippen LogP contribution in [0.25, 0.3) is 0 Å². The fourth-order valence-corrected chi connectivity index (χ4v) is 3.25. The second-order valence-corrected chi connectivity index (χ2v) is 6.42. The van der Waals surface area contributed by atoms with Crippen LogP contribution in [0.4, 0.5) is 0 Å². The predicted octanol–water partition coefficient (Wildman–Crippen LogP) is 3.52. The summed E-state index contributed by atoms with van der Waals surface area (Å²) in [6.45, 7) is 12.6. The number of rotatable bonds is 6. The Morgan fingerprint density at radius 1 is 1.10 bits per heavy atom. The van der Waals surface area contributed by atoms with E-state index in [0.717, 1.165) is 12.5 Å². The zero-order valence-corrected chi connectivity index (χ0v) is 13.4. The highest BCUT2D eigenvalue weighted by molar-refractivity contribution is 5.28. The van der Waals surface area contributed by atoms with E-state index in [-0.39, 0.29) is 0 Å². The van der Waals surface area contributed by atoms with Gasteiger partial charge in [0.15, 0.2) is 0 Å². The van der Waals surface area contributed by atoms with Gasteiger partial charge in [0.25, 0.3) is 0 Å². The minimum absolute atomic E-state index is 0.886. The highest BCUT2D eigenvalue weighted by Crippen LogP contribution is 2.19. The van der Waals surface area contributed by atoms with Crippen molar-refractivity contribution in [2.24, 2.45) is 5.92 Å². The third-order valence-corrected chi connectivity index (χ3v) is 4.25. The highest BCUT2D eigenvalue weighted by Gasteiger charge is 2.18. The Balaban J connectivity index is 1.76. The van der Waals surface area contributed by atoms with E-state index in [1.165, 1.54) is 62.1 Å². The number of hydrogen-bond donors (Lipinski definition) is 1. The lowest BCUT2D eigenvalue weighted by atomic mass is 9.96. The Labute approximate surface area is 124 Å². The van der Waals surface area contributed by atoms with E-state index in [4.69, 9.17) is 0 Å². The Morgan fingerprint density at radius 3 is 2.35 bits per heavy atom. The molecule has 0 atom stereocenters. The third kappa shape index (κ3) is 4.92. The van der Waals surface area contributed by atoms with Crippen LogP contribution in [0.5, 0.6) is 0 Å². The molecule has 0 aliphatic carbocycles. The van der Waals surface area contributed by atoms with Crippen molar-refractivity contribution in [3.05, 3.63) is 34.9 Å². The molecule has 0 aromatic heterocycles. The maximum absolute atomic E-state index is 3.57. The molecule has 2 heteroatoms. The van der Waals surface area contributed by atoms with Crippen LogP contribution >= 0.6 is 0 Å². The molecule has 1 aliphatic heterocycles. The molecule has 1 heterocycles. The zero-order valence-electron chi connectivity index (χ0n) is 13.4. The lowest BCUT2D eigenvalue weighted by Crippen LogP contribution is -2.37. The largest absolute Gasteiger partial charge is 0.316 e. The highest BCUT2D eigenvalue weighted by atomic mass is 15.1. The molecule has 0 bridgehead atoms. The van der Waals surface area contributed by atoms with Crippen LogP contribution in [-0.4, -0.2) is 31.1 Å². The van der Waals surface area contributed by atoms with Crippen molar-refractivity contribution in [3.8, 4) is 0 Å². The van der Waals surface area contributed by atoms with Crippen molar-refractivity contribution in [2.45, 2.75) is 46.6 Å². The molecule has 1 aliphatic rings. The number of nitrogens with one attached hydrogen (secondary N) is 1. The number of likely N-dealkylation sites (tertiary alicyclic amines) is 1. The van der Waals surface area contributed by atoms with E-state index in [1.807, 2.05) is 0 Å². The monoisotopic (exact) mass is 274 g/mol. The molecule has 2 nitrogen and oxygen atoms in total. The summed E-state index contributed by atoms with van der Waals surface area (Å²) in [6.07, 6.45) is 3.94. The molecule has 1 saturated heterocycles. The minimum Gasteiger partial charge on any atom is -0.316 e. The van der Waals surface area contributed by atoms with Gasteiger partial charge in [-0.25, -0.2) is 0 Å². The predicted molar refractivity (Wildman–Crippen MR) is 87.1 cm³/mol. The van der Waals surface area contributed by atoms with Gasteiger partial charge in [0.2, 0.25) is 0 Å². The molecular weight excluding hydrogens is 244 g/mol. The lowest BCUT2D eigenvalue weighted by Gasteiger charge is -2.32. The van der Waals surface area contributed by atoms with E-state index in [9.17, 15) is 0 Å². The summed E-state index contributed by atoms with van der Waals surface area (Å²) in [5.74, 6) is 0.886. The summed E-state index contributed by atoms with van der Waals surface area (Å²) in [4.78, 5) is 2.62. The average molecular weight is 274 g/mol.